The number of alkyl halides is 3. The highest BCUT2D eigenvalue weighted by Gasteiger charge is 2.30. The molecule has 1 rings (SSSR count). The van der Waals surface area contributed by atoms with E-state index in [0.717, 1.165) is 12.1 Å². The molecule has 0 aliphatic heterocycles. The van der Waals surface area contributed by atoms with Crippen molar-refractivity contribution in [2.75, 3.05) is 12.0 Å². The second-order valence-corrected chi connectivity index (χ2v) is 3.30. The van der Waals surface area contributed by atoms with E-state index in [9.17, 15) is 13.2 Å². The summed E-state index contributed by atoms with van der Waals surface area (Å²) in [5.41, 5.74) is 4.87. The Bertz CT molecular complexity index is 309. The molecule has 0 aromatic heterocycles. The second kappa shape index (κ2) is 3.49. The van der Waals surface area contributed by atoms with Crippen LogP contribution < -0.4 is 5.73 Å². The zero-order valence-corrected chi connectivity index (χ0v) is 7.67. The molecule has 1 aromatic rings. The molecule has 13 heavy (non-hydrogen) atoms. The van der Waals surface area contributed by atoms with Crippen molar-refractivity contribution in [2.24, 2.45) is 0 Å². The second-order valence-electron chi connectivity index (χ2n) is 2.45. The van der Waals surface area contributed by atoms with Crippen molar-refractivity contribution in [2.45, 2.75) is 11.1 Å². The number of halogens is 3. The maximum Gasteiger partial charge on any atom is 0.416 e. The number of hydrogen-bond donors (Lipinski definition) is 1. The van der Waals surface area contributed by atoms with Gasteiger partial charge in [-0.15, -0.1) is 11.8 Å². The number of nitrogen functional groups attached to an aromatic ring is 1. The first kappa shape index (κ1) is 10.2. The van der Waals surface area contributed by atoms with Crippen molar-refractivity contribution in [1.82, 2.24) is 0 Å². The first-order valence-electron chi connectivity index (χ1n) is 3.46. The molecule has 72 valence electrons. The summed E-state index contributed by atoms with van der Waals surface area (Å²) >= 11 is 1.32. The van der Waals surface area contributed by atoms with Gasteiger partial charge in [0.15, 0.2) is 0 Å². The first-order valence-corrected chi connectivity index (χ1v) is 4.68. The van der Waals surface area contributed by atoms with Crippen LogP contribution in [0, 0.1) is 0 Å². The molecule has 5 heteroatoms. The molecule has 0 amide bonds. The molecule has 0 heterocycles. The zero-order chi connectivity index (χ0) is 10.1. The Hall–Kier alpha value is -0.840. The van der Waals surface area contributed by atoms with Gasteiger partial charge in [0.2, 0.25) is 0 Å². The van der Waals surface area contributed by atoms with Gasteiger partial charge in [-0.05, 0) is 24.5 Å². The molecule has 0 saturated heterocycles. The Morgan fingerprint density at radius 3 is 2.31 bits per heavy atom. The summed E-state index contributed by atoms with van der Waals surface area (Å²) in [5.74, 6) is 0. The molecular formula is C8H8F3NS. The minimum Gasteiger partial charge on any atom is -0.398 e. The molecule has 0 atom stereocenters. The van der Waals surface area contributed by atoms with Crippen molar-refractivity contribution in [3.8, 4) is 0 Å². The number of hydrogen-bond acceptors (Lipinski definition) is 2. The molecule has 1 nitrogen and oxygen atoms in total. The summed E-state index contributed by atoms with van der Waals surface area (Å²) in [5, 5.41) is 0. The lowest BCUT2D eigenvalue weighted by atomic mass is 10.2. The summed E-state index contributed by atoms with van der Waals surface area (Å²) in [4.78, 5) is 0.660. The van der Waals surface area contributed by atoms with E-state index in [-0.39, 0.29) is 5.69 Å². The van der Waals surface area contributed by atoms with Crippen molar-refractivity contribution < 1.29 is 13.2 Å². The van der Waals surface area contributed by atoms with Gasteiger partial charge in [-0.3, -0.25) is 0 Å². The van der Waals surface area contributed by atoms with Crippen LogP contribution in [0.25, 0.3) is 0 Å². The SMILES string of the molecule is CSc1ccc(C(F)(F)F)cc1N. The molecule has 0 aliphatic carbocycles. The van der Waals surface area contributed by atoms with Crippen LogP contribution in [0.2, 0.25) is 0 Å². The van der Waals surface area contributed by atoms with Gasteiger partial charge >= 0.3 is 6.18 Å². The molecule has 0 saturated carbocycles. The molecule has 2 N–H and O–H groups in total. The molecule has 0 unspecified atom stereocenters. The van der Waals surface area contributed by atoms with E-state index in [1.54, 1.807) is 6.26 Å². The fourth-order valence-electron chi connectivity index (χ4n) is 0.911. The van der Waals surface area contributed by atoms with Crippen LogP contribution in [0.4, 0.5) is 18.9 Å². The fourth-order valence-corrected chi connectivity index (χ4v) is 1.41. The zero-order valence-electron chi connectivity index (χ0n) is 6.85. The van der Waals surface area contributed by atoms with Crippen LogP contribution in [0.5, 0.6) is 0 Å². The predicted molar refractivity (Wildman–Crippen MR) is 47.6 cm³/mol. The molecule has 1 aromatic carbocycles. The minimum atomic E-state index is -4.31. The smallest absolute Gasteiger partial charge is 0.398 e. The Kier molecular flexibility index (Phi) is 2.75. The third-order valence-corrected chi connectivity index (χ3v) is 2.37. The lowest BCUT2D eigenvalue weighted by Crippen LogP contribution is -2.05. The van der Waals surface area contributed by atoms with E-state index < -0.39 is 11.7 Å². The van der Waals surface area contributed by atoms with Gasteiger partial charge in [-0.2, -0.15) is 13.2 Å². The van der Waals surface area contributed by atoms with Crippen molar-refractivity contribution >= 4 is 17.4 Å². The average Bonchev–Trinajstić information content (AvgIpc) is 2.02. The summed E-state index contributed by atoms with van der Waals surface area (Å²) in [7, 11) is 0. The van der Waals surface area contributed by atoms with Crippen LogP contribution in [-0.4, -0.2) is 6.26 Å². The Labute approximate surface area is 78.1 Å². The van der Waals surface area contributed by atoms with Gasteiger partial charge < -0.3 is 5.73 Å². The first-order chi connectivity index (χ1) is 5.95. The highest BCUT2D eigenvalue weighted by molar-refractivity contribution is 7.98. The van der Waals surface area contributed by atoms with Crippen LogP contribution in [0.3, 0.4) is 0 Å². The van der Waals surface area contributed by atoms with E-state index in [4.69, 9.17) is 5.73 Å². The summed E-state index contributed by atoms with van der Waals surface area (Å²) < 4.78 is 36.4. The maximum atomic E-state index is 12.1. The molecule has 0 aliphatic rings. The quantitative estimate of drug-likeness (QED) is 0.566. The van der Waals surface area contributed by atoms with Crippen LogP contribution >= 0.6 is 11.8 Å². The van der Waals surface area contributed by atoms with Gasteiger partial charge in [-0.1, -0.05) is 0 Å². The standard InChI is InChI=1S/C8H8F3NS/c1-13-7-3-2-5(4-6(7)12)8(9,10)11/h2-4H,12H2,1H3. The van der Waals surface area contributed by atoms with Crippen LogP contribution in [-0.2, 0) is 6.18 Å². The van der Waals surface area contributed by atoms with Gasteiger partial charge in [-0.25, -0.2) is 0 Å². The topological polar surface area (TPSA) is 26.0 Å². The Balaban J connectivity index is 3.10. The number of rotatable bonds is 1. The van der Waals surface area contributed by atoms with Crippen LogP contribution in [0.1, 0.15) is 5.56 Å². The van der Waals surface area contributed by atoms with E-state index in [1.807, 2.05) is 0 Å². The van der Waals surface area contributed by atoms with E-state index >= 15 is 0 Å². The van der Waals surface area contributed by atoms with Gasteiger partial charge in [0.05, 0.1) is 5.56 Å². The summed E-state index contributed by atoms with van der Waals surface area (Å²) in [6, 6.07) is 3.36. The van der Waals surface area contributed by atoms with E-state index in [1.165, 1.54) is 17.8 Å². The molecular weight excluding hydrogens is 199 g/mol. The number of anilines is 1. The van der Waals surface area contributed by atoms with Crippen molar-refractivity contribution in [3.05, 3.63) is 23.8 Å². The minimum absolute atomic E-state index is 0.169. The van der Waals surface area contributed by atoms with Gasteiger partial charge in [0.1, 0.15) is 0 Å². The Morgan fingerprint density at radius 2 is 1.92 bits per heavy atom. The third kappa shape index (κ3) is 2.30. The average molecular weight is 207 g/mol. The molecule has 0 radical (unpaired) electrons. The van der Waals surface area contributed by atoms with Crippen LogP contribution in [0.15, 0.2) is 23.1 Å². The molecule has 0 fully saturated rings. The van der Waals surface area contributed by atoms with Crippen molar-refractivity contribution in [1.29, 1.82) is 0 Å². The monoisotopic (exact) mass is 207 g/mol. The van der Waals surface area contributed by atoms with Crippen molar-refractivity contribution in [3.63, 3.8) is 0 Å². The third-order valence-electron chi connectivity index (χ3n) is 1.56. The maximum absolute atomic E-state index is 12.1. The van der Waals surface area contributed by atoms with Gasteiger partial charge in [0.25, 0.3) is 0 Å². The highest BCUT2D eigenvalue weighted by Crippen LogP contribution is 2.33. The van der Waals surface area contributed by atoms with E-state index in [2.05, 4.69) is 0 Å². The molecule has 0 bridgehead atoms. The fraction of sp³-hybridized carbons (Fsp3) is 0.250. The highest BCUT2D eigenvalue weighted by atomic mass is 32.2. The summed E-state index contributed by atoms with van der Waals surface area (Å²) in [6.07, 6.45) is -2.55. The van der Waals surface area contributed by atoms with Gasteiger partial charge in [0, 0.05) is 10.6 Å². The number of thioether (sulfide) groups is 1. The normalized spacial score (nSPS) is 11.7. The lowest BCUT2D eigenvalue weighted by Gasteiger charge is -2.08. The number of benzene rings is 1. The van der Waals surface area contributed by atoms with E-state index in [0.29, 0.717) is 4.90 Å². The number of nitrogens with two attached hydrogens (primary N) is 1. The Morgan fingerprint density at radius 1 is 1.31 bits per heavy atom. The summed E-state index contributed by atoms with van der Waals surface area (Å²) in [6.45, 7) is 0. The predicted octanol–water partition coefficient (Wildman–Crippen LogP) is 3.01. The largest absolute Gasteiger partial charge is 0.416 e. The molecule has 0 spiro atoms. The lowest BCUT2D eigenvalue weighted by molar-refractivity contribution is -0.137.